The number of ether oxygens (including phenoxy) is 2. The van der Waals surface area contributed by atoms with E-state index in [1.807, 2.05) is 0 Å². The Morgan fingerprint density at radius 3 is 2.71 bits per heavy atom. The normalized spacial score (nSPS) is 10.5. The molecule has 0 spiro atoms. The highest BCUT2D eigenvalue weighted by molar-refractivity contribution is 9.10. The lowest BCUT2D eigenvalue weighted by Crippen LogP contribution is -2.06. The number of aromatic nitrogens is 2. The van der Waals surface area contributed by atoms with Crippen LogP contribution in [0.5, 0.6) is 11.6 Å². The Balaban J connectivity index is 2.80. The SMILES string of the molecule is COc1cc2c(nc1OC)c(Br)cn2C(=O)O. The lowest BCUT2D eigenvalue weighted by atomic mass is 10.3. The summed E-state index contributed by atoms with van der Waals surface area (Å²) in [6, 6.07) is 1.57. The predicted octanol–water partition coefficient (Wildman–Crippen LogP) is 2.34. The first-order chi connectivity index (χ1) is 8.08. The summed E-state index contributed by atoms with van der Waals surface area (Å²) in [5.74, 6) is 0.692. The molecule has 0 aliphatic rings. The number of methoxy groups -OCH3 is 2. The van der Waals surface area contributed by atoms with Gasteiger partial charge in [0.05, 0.1) is 24.2 Å². The Labute approximate surface area is 105 Å². The van der Waals surface area contributed by atoms with Gasteiger partial charge in [-0.3, -0.25) is 0 Å². The molecule has 17 heavy (non-hydrogen) atoms. The van der Waals surface area contributed by atoms with Crippen LogP contribution in [-0.4, -0.2) is 35.0 Å². The number of hydrogen-bond donors (Lipinski definition) is 1. The minimum Gasteiger partial charge on any atom is -0.491 e. The molecule has 7 heteroatoms. The van der Waals surface area contributed by atoms with E-state index in [0.717, 1.165) is 4.57 Å². The van der Waals surface area contributed by atoms with E-state index >= 15 is 0 Å². The summed E-state index contributed by atoms with van der Waals surface area (Å²) in [6.45, 7) is 0. The molecule has 2 heterocycles. The van der Waals surface area contributed by atoms with Crippen LogP contribution in [0.4, 0.5) is 4.79 Å². The molecule has 0 atom stereocenters. The van der Waals surface area contributed by atoms with Crippen LogP contribution in [0, 0.1) is 0 Å². The molecule has 0 aromatic carbocycles. The van der Waals surface area contributed by atoms with Crippen LogP contribution < -0.4 is 9.47 Å². The van der Waals surface area contributed by atoms with Crippen molar-refractivity contribution in [3.63, 3.8) is 0 Å². The van der Waals surface area contributed by atoms with Gasteiger partial charge in [0.15, 0.2) is 5.75 Å². The second-order valence-electron chi connectivity index (χ2n) is 3.20. The minimum atomic E-state index is -1.09. The van der Waals surface area contributed by atoms with Crippen molar-refractivity contribution in [2.75, 3.05) is 14.2 Å². The van der Waals surface area contributed by atoms with Crippen molar-refractivity contribution in [2.24, 2.45) is 0 Å². The Morgan fingerprint density at radius 2 is 2.18 bits per heavy atom. The van der Waals surface area contributed by atoms with Crippen LogP contribution in [0.1, 0.15) is 0 Å². The fourth-order valence-electron chi connectivity index (χ4n) is 1.52. The molecule has 0 radical (unpaired) electrons. The molecular weight excluding hydrogens is 292 g/mol. The predicted molar refractivity (Wildman–Crippen MR) is 64.0 cm³/mol. The lowest BCUT2D eigenvalue weighted by Gasteiger charge is -2.06. The Morgan fingerprint density at radius 1 is 1.47 bits per heavy atom. The first-order valence-electron chi connectivity index (χ1n) is 4.61. The van der Waals surface area contributed by atoms with E-state index in [1.54, 1.807) is 6.07 Å². The number of pyridine rings is 1. The highest BCUT2D eigenvalue weighted by Crippen LogP contribution is 2.33. The second-order valence-corrected chi connectivity index (χ2v) is 4.05. The molecule has 0 amide bonds. The van der Waals surface area contributed by atoms with E-state index in [-0.39, 0.29) is 0 Å². The van der Waals surface area contributed by atoms with Gasteiger partial charge in [0.2, 0.25) is 0 Å². The van der Waals surface area contributed by atoms with Crippen molar-refractivity contribution in [1.29, 1.82) is 0 Å². The highest BCUT2D eigenvalue weighted by Gasteiger charge is 2.16. The molecule has 2 rings (SSSR count). The van der Waals surface area contributed by atoms with E-state index in [2.05, 4.69) is 20.9 Å². The number of carbonyl (C=O) groups is 1. The average molecular weight is 301 g/mol. The summed E-state index contributed by atoms with van der Waals surface area (Å²) in [5.41, 5.74) is 0.937. The number of carboxylic acid groups (broad SMARTS) is 1. The second kappa shape index (κ2) is 4.25. The van der Waals surface area contributed by atoms with Gasteiger partial charge in [-0.1, -0.05) is 0 Å². The monoisotopic (exact) mass is 300 g/mol. The molecule has 2 aromatic heterocycles. The molecule has 0 aliphatic carbocycles. The van der Waals surface area contributed by atoms with E-state index in [1.165, 1.54) is 20.4 Å². The molecule has 0 saturated carbocycles. The molecule has 0 unspecified atom stereocenters. The van der Waals surface area contributed by atoms with Gasteiger partial charge in [-0.25, -0.2) is 14.3 Å². The van der Waals surface area contributed by atoms with Crippen LogP contribution in [-0.2, 0) is 0 Å². The zero-order valence-corrected chi connectivity index (χ0v) is 10.7. The number of hydrogen-bond acceptors (Lipinski definition) is 4. The van der Waals surface area contributed by atoms with Crippen molar-refractivity contribution in [1.82, 2.24) is 9.55 Å². The Kier molecular flexibility index (Phi) is 2.93. The molecule has 2 aromatic rings. The van der Waals surface area contributed by atoms with E-state index in [0.29, 0.717) is 27.1 Å². The summed E-state index contributed by atoms with van der Waals surface area (Å²) >= 11 is 3.25. The Bertz CT molecular complexity index is 593. The van der Waals surface area contributed by atoms with Gasteiger partial charge < -0.3 is 14.6 Å². The van der Waals surface area contributed by atoms with Gasteiger partial charge in [0.1, 0.15) is 5.52 Å². The summed E-state index contributed by atoms with van der Waals surface area (Å²) in [5, 5.41) is 9.03. The standard InChI is InChI=1S/C10H9BrN2O4/c1-16-7-3-6-8(12-9(7)17-2)5(11)4-13(6)10(14)15/h3-4H,1-2H3,(H,14,15). The molecule has 0 aliphatic heterocycles. The topological polar surface area (TPSA) is 73.6 Å². The number of nitrogens with zero attached hydrogens (tertiary/aromatic N) is 2. The fourth-order valence-corrected chi connectivity index (χ4v) is 2.02. The van der Waals surface area contributed by atoms with Crippen molar-refractivity contribution in [3.8, 4) is 11.6 Å². The third kappa shape index (κ3) is 1.82. The molecule has 1 N–H and O–H groups in total. The van der Waals surface area contributed by atoms with E-state index < -0.39 is 6.09 Å². The van der Waals surface area contributed by atoms with Crippen molar-refractivity contribution in [2.45, 2.75) is 0 Å². The zero-order chi connectivity index (χ0) is 12.6. The average Bonchev–Trinajstić information content (AvgIpc) is 2.64. The van der Waals surface area contributed by atoms with Crippen molar-refractivity contribution < 1.29 is 19.4 Å². The highest BCUT2D eigenvalue weighted by atomic mass is 79.9. The molecule has 0 bridgehead atoms. The molecule has 90 valence electrons. The molecule has 0 fully saturated rings. The first-order valence-corrected chi connectivity index (χ1v) is 5.40. The lowest BCUT2D eigenvalue weighted by molar-refractivity contribution is 0.197. The summed E-state index contributed by atoms with van der Waals surface area (Å²) < 4.78 is 11.8. The van der Waals surface area contributed by atoms with E-state index in [4.69, 9.17) is 14.6 Å². The fraction of sp³-hybridized carbons (Fsp3) is 0.200. The summed E-state index contributed by atoms with van der Waals surface area (Å²) in [4.78, 5) is 15.2. The van der Waals surface area contributed by atoms with Crippen molar-refractivity contribution >= 4 is 33.1 Å². The van der Waals surface area contributed by atoms with Gasteiger partial charge in [-0.2, -0.15) is 0 Å². The third-order valence-electron chi connectivity index (χ3n) is 2.28. The molecule has 6 nitrogen and oxygen atoms in total. The maximum atomic E-state index is 11.0. The van der Waals surface area contributed by atoms with Gasteiger partial charge in [-0.15, -0.1) is 0 Å². The summed E-state index contributed by atoms with van der Waals surface area (Å²) in [7, 11) is 2.94. The Hall–Kier alpha value is -1.76. The molecule has 0 saturated heterocycles. The maximum Gasteiger partial charge on any atom is 0.416 e. The smallest absolute Gasteiger partial charge is 0.416 e. The van der Waals surface area contributed by atoms with Crippen LogP contribution in [0.3, 0.4) is 0 Å². The molecular formula is C10H9BrN2O4. The van der Waals surface area contributed by atoms with Crippen LogP contribution in [0.25, 0.3) is 11.0 Å². The van der Waals surface area contributed by atoms with Crippen molar-refractivity contribution in [3.05, 3.63) is 16.7 Å². The van der Waals surface area contributed by atoms with Gasteiger partial charge in [0.25, 0.3) is 5.88 Å². The minimum absolute atomic E-state index is 0.309. The van der Waals surface area contributed by atoms with Crippen LogP contribution in [0.2, 0.25) is 0 Å². The third-order valence-corrected chi connectivity index (χ3v) is 2.86. The van der Waals surface area contributed by atoms with Crippen LogP contribution >= 0.6 is 15.9 Å². The zero-order valence-electron chi connectivity index (χ0n) is 9.10. The van der Waals surface area contributed by atoms with Gasteiger partial charge >= 0.3 is 6.09 Å². The number of rotatable bonds is 2. The van der Waals surface area contributed by atoms with Crippen LogP contribution in [0.15, 0.2) is 16.7 Å². The quantitative estimate of drug-likeness (QED) is 0.921. The maximum absolute atomic E-state index is 11.0. The number of halogens is 1. The van der Waals surface area contributed by atoms with Gasteiger partial charge in [-0.05, 0) is 15.9 Å². The van der Waals surface area contributed by atoms with Gasteiger partial charge in [0, 0.05) is 12.3 Å². The first kappa shape index (κ1) is 11.7. The largest absolute Gasteiger partial charge is 0.491 e. The number of fused-ring (bicyclic) bond motifs is 1. The van der Waals surface area contributed by atoms with E-state index in [9.17, 15) is 4.79 Å². The summed E-state index contributed by atoms with van der Waals surface area (Å²) in [6.07, 6.45) is 0.341.